The Labute approximate surface area is 209 Å². The van der Waals surface area contributed by atoms with Gasteiger partial charge in [0.1, 0.15) is 5.75 Å². The molecule has 4 rings (SSSR count). The molecular formula is C28H28N4O4. The minimum absolute atomic E-state index is 0.0710. The van der Waals surface area contributed by atoms with E-state index in [1.807, 2.05) is 32.0 Å². The van der Waals surface area contributed by atoms with E-state index in [1.54, 1.807) is 63.2 Å². The number of carboxylic acids is 1. The summed E-state index contributed by atoms with van der Waals surface area (Å²) in [6.45, 7) is 8.88. The number of aryl methyl sites for hydroxylation is 2. The van der Waals surface area contributed by atoms with E-state index in [2.05, 4.69) is 15.6 Å². The number of rotatable bonds is 6. The predicted molar refractivity (Wildman–Crippen MR) is 142 cm³/mol. The van der Waals surface area contributed by atoms with E-state index in [9.17, 15) is 19.8 Å². The molecule has 0 atom stereocenters. The van der Waals surface area contributed by atoms with Gasteiger partial charge in [-0.15, -0.1) is 0 Å². The van der Waals surface area contributed by atoms with Crippen LogP contribution in [0.5, 0.6) is 5.75 Å². The van der Waals surface area contributed by atoms with Crippen LogP contribution in [0, 0.1) is 13.8 Å². The minimum Gasteiger partial charge on any atom is -0.505 e. The zero-order chi connectivity index (χ0) is 26.2. The molecule has 1 heterocycles. The van der Waals surface area contributed by atoms with Gasteiger partial charge in [-0.25, -0.2) is 0 Å². The third-order valence-electron chi connectivity index (χ3n) is 6.19. The summed E-state index contributed by atoms with van der Waals surface area (Å²) in [6, 6.07) is 17.9. The zero-order valence-corrected chi connectivity index (χ0v) is 20.8. The van der Waals surface area contributed by atoms with E-state index < -0.39 is 11.4 Å². The topological polar surface area (TPSA) is 115 Å². The Kier molecular flexibility index (Phi) is 6.37. The van der Waals surface area contributed by atoms with Gasteiger partial charge in [0.2, 0.25) is 0 Å². The Hall–Kier alpha value is -4.46. The van der Waals surface area contributed by atoms with Crippen molar-refractivity contribution in [2.75, 3.05) is 10.4 Å². The number of phenols is 1. The van der Waals surface area contributed by atoms with Gasteiger partial charge in [0.05, 0.1) is 22.5 Å². The lowest BCUT2D eigenvalue weighted by Gasteiger charge is -2.20. The average molecular weight is 485 g/mol. The summed E-state index contributed by atoms with van der Waals surface area (Å²) in [5.41, 5.74) is 7.08. The monoisotopic (exact) mass is 484 g/mol. The summed E-state index contributed by atoms with van der Waals surface area (Å²) in [6.07, 6.45) is 0. The highest BCUT2D eigenvalue weighted by Gasteiger charge is 2.31. The molecule has 8 heteroatoms. The smallest absolute Gasteiger partial charge is 0.313 e. The number of benzene rings is 3. The summed E-state index contributed by atoms with van der Waals surface area (Å²) < 4.78 is 0. The van der Waals surface area contributed by atoms with Crippen LogP contribution < -0.4 is 10.4 Å². The van der Waals surface area contributed by atoms with E-state index in [1.165, 1.54) is 5.01 Å². The largest absolute Gasteiger partial charge is 0.505 e. The van der Waals surface area contributed by atoms with Crippen molar-refractivity contribution in [3.05, 3.63) is 77.4 Å². The highest BCUT2D eigenvalue weighted by Crippen LogP contribution is 2.37. The standard InChI is InChI=1S/C28H28N4O4/c1-16-12-17(2)14-21(13-16)32-26(34)24(18(3)31-32)30-29-23-11-7-10-22(25(23)33)19-8-6-9-20(15-19)28(4,5)27(35)36/h6-15,29,33H,1-5H3,(H,35,36)/b30-24-. The van der Waals surface area contributed by atoms with Gasteiger partial charge in [0, 0.05) is 5.56 Å². The molecule has 0 aromatic heterocycles. The van der Waals surface area contributed by atoms with Gasteiger partial charge in [-0.2, -0.15) is 15.2 Å². The molecule has 0 saturated carbocycles. The number of phenolic OH excluding ortho intramolecular Hbond substituents is 1. The normalized spacial score (nSPS) is 14.8. The first-order chi connectivity index (χ1) is 17.0. The number of nitrogens with one attached hydrogen (secondary N) is 1. The van der Waals surface area contributed by atoms with Crippen molar-refractivity contribution in [2.24, 2.45) is 10.2 Å². The number of anilines is 2. The molecule has 1 amide bonds. The summed E-state index contributed by atoms with van der Waals surface area (Å²) in [7, 11) is 0. The lowest BCUT2D eigenvalue weighted by Crippen LogP contribution is -2.28. The first-order valence-electron chi connectivity index (χ1n) is 11.5. The summed E-state index contributed by atoms with van der Waals surface area (Å²) >= 11 is 0. The maximum Gasteiger partial charge on any atom is 0.313 e. The summed E-state index contributed by atoms with van der Waals surface area (Å²) in [5.74, 6) is -1.38. The Morgan fingerprint density at radius 1 is 1.00 bits per heavy atom. The fourth-order valence-corrected chi connectivity index (χ4v) is 4.06. The second-order valence-corrected chi connectivity index (χ2v) is 9.43. The first-order valence-corrected chi connectivity index (χ1v) is 11.5. The molecule has 0 bridgehead atoms. The zero-order valence-electron chi connectivity index (χ0n) is 20.8. The van der Waals surface area contributed by atoms with E-state index in [-0.39, 0.29) is 17.4 Å². The molecule has 0 spiro atoms. The summed E-state index contributed by atoms with van der Waals surface area (Å²) in [5, 5.41) is 30.5. The molecule has 0 radical (unpaired) electrons. The average Bonchev–Trinajstić information content (AvgIpc) is 3.11. The molecule has 3 aromatic carbocycles. The molecule has 0 aliphatic carbocycles. The van der Waals surface area contributed by atoms with Crippen LogP contribution in [0.4, 0.5) is 11.4 Å². The molecule has 0 fully saturated rings. The molecule has 8 nitrogen and oxygen atoms in total. The van der Waals surface area contributed by atoms with Crippen LogP contribution in [-0.4, -0.2) is 33.5 Å². The third kappa shape index (κ3) is 4.57. The lowest BCUT2D eigenvalue weighted by molar-refractivity contribution is -0.142. The van der Waals surface area contributed by atoms with Crippen LogP contribution >= 0.6 is 0 Å². The van der Waals surface area contributed by atoms with Gasteiger partial charge in [-0.05, 0) is 81.1 Å². The number of hydrogen-bond donors (Lipinski definition) is 3. The number of carbonyl (C=O) groups excluding carboxylic acids is 1. The molecule has 0 unspecified atom stereocenters. The van der Waals surface area contributed by atoms with Gasteiger partial charge in [-0.1, -0.05) is 36.4 Å². The van der Waals surface area contributed by atoms with Crippen molar-refractivity contribution in [1.29, 1.82) is 0 Å². The number of hydrogen-bond acceptors (Lipinski definition) is 6. The lowest BCUT2D eigenvalue weighted by atomic mass is 9.83. The molecular weight excluding hydrogens is 456 g/mol. The van der Waals surface area contributed by atoms with Gasteiger partial charge in [-0.3, -0.25) is 15.0 Å². The molecule has 3 N–H and O–H groups in total. The van der Waals surface area contributed by atoms with Gasteiger partial charge in [0.15, 0.2) is 5.71 Å². The fourth-order valence-electron chi connectivity index (χ4n) is 4.06. The molecule has 3 aromatic rings. The molecule has 36 heavy (non-hydrogen) atoms. The minimum atomic E-state index is -1.09. The maximum absolute atomic E-state index is 13.1. The van der Waals surface area contributed by atoms with Gasteiger partial charge < -0.3 is 10.2 Å². The van der Waals surface area contributed by atoms with E-state index in [0.29, 0.717) is 33.8 Å². The number of nitrogens with zero attached hydrogens (tertiary/aromatic N) is 3. The maximum atomic E-state index is 13.1. The van der Waals surface area contributed by atoms with Crippen molar-refractivity contribution < 1.29 is 19.8 Å². The summed E-state index contributed by atoms with van der Waals surface area (Å²) in [4.78, 5) is 24.7. The number of amides is 1. The van der Waals surface area contributed by atoms with Crippen molar-refractivity contribution >= 4 is 34.7 Å². The number of aliphatic carboxylic acids is 1. The van der Waals surface area contributed by atoms with Crippen LogP contribution in [0.25, 0.3) is 11.1 Å². The quantitative estimate of drug-likeness (QED) is 0.327. The Balaban J connectivity index is 1.62. The van der Waals surface area contributed by atoms with Crippen LogP contribution in [-0.2, 0) is 15.0 Å². The Morgan fingerprint density at radius 2 is 1.67 bits per heavy atom. The Morgan fingerprint density at radius 3 is 2.33 bits per heavy atom. The first kappa shape index (κ1) is 24.7. The predicted octanol–water partition coefficient (Wildman–Crippen LogP) is 5.23. The van der Waals surface area contributed by atoms with E-state index in [4.69, 9.17) is 0 Å². The van der Waals surface area contributed by atoms with Gasteiger partial charge in [0.25, 0.3) is 0 Å². The van der Waals surface area contributed by atoms with E-state index >= 15 is 0 Å². The van der Waals surface area contributed by atoms with Crippen molar-refractivity contribution in [1.82, 2.24) is 0 Å². The third-order valence-corrected chi connectivity index (χ3v) is 6.19. The highest BCUT2D eigenvalue weighted by molar-refractivity contribution is 6.71. The Bertz CT molecular complexity index is 1420. The van der Waals surface area contributed by atoms with Crippen LogP contribution in [0.15, 0.2) is 70.9 Å². The number of carbonyl (C=O) groups is 2. The van der Waals surface area contributed by atoms with Crippen LogP contribution in [0.2, 0.25) is 0 Å². The molecule has 1 aliphatic rings. The van der Waals surface area contributed by atoms with Crippen molar-refractivity contribution in [3.63, 3.8) is 0 Å². The highest BCUT2D eigenvalue weighted by atomic mass is 16.4. The van der Waals surface area contributed by atoms with Crippen molar-refractivity contribution in [3.8, 4) is 16.9 Å². The van der Waals surface area contributed by atoms with Crippen molar-refractivity contribution in [2.45, 2.75) is 40.0 Å². The number of aromatic hydroxyl groups is 1. The molecule has 1 aliphatic heterocycles. The number of carboxylic acid groups (broad SMARTS) is 1. The molecule has 184 valence electrons. The molecule has 0 saturated heterocycles. The number of hydrazone groups is 2. The second kappa shape index (κ2) is 9.30. The fraction of sp³-hybridized carbons (Fsp3) is 0.214. The van der Waals surface area contributed by atoms with Gasteiger partial charge >= 0.3 is 11.9 Å². The van der Waals surface area contributed by atoms with E-state index in [0.717, 1.165) is 11.1 Å². The van der Waals surface area contributed by atoms with Crippen LogP contribution in [0.3, 0.4) is 0 Å². The number of para-hydroxylation sites is 1. The van der Waals surface area contributed by atoms with Crippen LogP contribution in [0.1, 0.15) is 37.5 Å². The second-order valence-electron chi connectivity index (χ2n) is 9.43. The SMILES string of the molecule is CC1=NN(c2cc(C)cc(C)c2)C(=O)/C1=N\Nc1cccc(-c2cccc(C(C)(C)C(=O)O)c2)c1O.